The number of esters is 1. The van der Waals surface area contributed by atoms with Gasteiger partial charge in [-0.3, -0.25) is 9.59 Å². The second kappa shape index (κ2) is 7.26. The number of hydrogen-bond donors (Lipinski definition) is 2. The van der Waals surface area contributed by atoms with Crippen molar-refractivity contribution in [3.63, 3.8) is 0 Å². The zero-order valence-corrected chi connectivity index (χ0v) is 12.8. The summed E-state index contributed by atoms with van der Waals surface area (Å²) in [5.41, 5.74) is 6.05. The Labute approximate surface area is 130 Å². The molecule has 0 bridgehead atoms. The average Bonchev–Trinajstić information content (AvgIpc) is 2.97. The monoisotopic (exact) mass is 306 g/mol. The highest BCUT2D eigenvalue weighted by atomic mass is 16.5. The lowest BCUT2D eigenvalue weighted by atomic mass is 9.98. The van der Waals surface area contributed by atoms with E-state index in [-0.39, 0.29) is 24.9 Å². The highest BCUT2D eigenvalue weighted by Gasteiger charge is 2.36. The van der Waals surface area contributed by atoms with E-state index in [1.165, 1.54) is 7.11 Å². The fraction of sp³-hybridized carbons (Fsp3) is 0.500. The predicted molar refractivity (Wildman–Crippen MR) is 82.6 cm³/mol. The minimum atomic E-state index is -0.740. The summed E-state index contributed by atoms with van der Waals surface area (Å²) < 4.78 is 9.95. The van der Waals surface area contributed by atoms with Gasteiger partial charge in [-0.2, -0.15) is 0 Å². The standard InChI is InChI=1S/C16H22N2O4/c1-21-14(19)8-11-22-13-6-4-12(5-7-13)18-15(20)16(17)9-2-3-10-16/h4-7H,2-3,8-11,17H2,1H3,(H,18,20). The van der Waals surface area contributed by atoms with Crippen molar-refractivity contribution < 1.29 is 19.1 Å². The van der Waals surface area contributed by atoms with Crippen molar-refractivity contribution in [3.05, 3.63) is 24.3 Å². The van der Waals surface area contributed by atoms with E-state index in [9.17, 15) is 9.59 Å². The maximum atomic E-state index is 12.2. The van der Waals surface area contributed by atoms with E-state index in [2.05, 4.69) is 10.1 Å². The van der Waals surface area contributed by atoms with E-state index in [4.69, 9.17) is 10.5 Å². The summed E-state index contributed by atoms with van der Waals surface area (Å²) in [6.45, 7) is 0.254. The smallest absolute Gasteiger partial charge is 0.308 e. The Hall–Kier alpha value is -2.08. The molecule has 1 amide bonds. The van der Waals surface area contributed by atoms with Gasteiger partial charge >= 0.3 is 5.97 Å². The zero-order chi connectivity index (χ0) is 16.0. The average molecular weight is 306 g/mol. The number of hydrogen-bond acceptors (Lipinski definition) is 5. The van der Waals surface area contributed by atoms with Crippen LogP contribution in [0.25, 0.3) is 0 Å². The van der Waals surface area contributed by atoms with Crippen molar-refractivity contribution in [1.29, 1.82) is 0 Å². The Morgan fingerprint density at radius 2 is 1.86 bits per heavy atom. The van der Waals surface area contributed by atoms with Crippen molar-refractivity contribution in [2.45, 2.75) is 37.6 Å². The van der Waals surface area contributed by atoms with Crippen LogP contribution in [0.15, 0.2) is 24.3 Å². The molecule has 6 heteroatoms. The first-order valence-electron chi connectivity index (χ1n) is 7.43. The van der Waals surface area contributed by atoms with E-state index in [1.807, 2.05) is 0 Å². The number of rotatable bonds is 6. The summed E-state index contributed by atoms with van der Waals surface area (Å²) in [7, 11) is 1.34. The Balaban J connectivity index is 1.84. The van der Waals surface area contributed by atoms with E-state index in [0.29, 0.717) is 11.4 Å². The van der Waals surface area contributed by atoms with Crippen LogP contribution < -0.4 is 15.8 Å². The molecule has 1 aliphatic carbocycles. The molecule has 0 atom stereocenters. The second-order valence-corrected chi connectivity index (χ2v) is 5.52. The zero-order valence-electron chi connectivity index (χ0n) is 12.8. The predicted octanol–water partition coefficient (Wildman–Crippen LogP) is 1.84. The number of carbonyl (C=O) groups is 2. The second-order valence-electron chi connectivity index (χ2n) is 5.52. The highest BCUT2D eigenvalue weighted by Crippen LogP contribution is 2.28. The maximum Gasteiger partial charge on any atom is 0.308 e. The molecule has 1 aliphatic rings. The van der Waals surface area contributed by atoms with E-state index < -0.39 is 5.54 Å². The fourth-order valence-electron chi connectivity index (χ4n) is 2.48. The van der Waals surface area contributed by atoms with Crippen LogP contribution in [0, 0.1) is 0 Å². The topological polar surface area (TPSA) is 90.6 Å². The van der Waals surface area contributed by atoms with E-state index in [0.717, 1.165) is 25.7 Å². The summed E-state index contributed by atoms with van der Waals surface area (Å²) in [5, 5.41) is 2.84. The van der Waals surface area contributed by atoms with Crippen LogP contribution in [0.4, 0.5) is 5.69 Å². The minimum Gasteiger partial charge on any atom is -0.493 e. The van der Waals surface area contributed by atoms with Gasteiger partial charge in [0.15, 0.2) is 0 Å². The summed E-state index contributed by atoms with van der Waals surface area (Å²) in [4.78, 5) is 23.2. The quantitative estimate of drug-likeness (QED) is 0.783. The first-order chi connectivity index (χ1) is 10.5. The minimum absolute atomic E-state index is 0.135. The number of ether oxygens (including phenoxy) is 2. The molecule has 1 aromatic rings. The number of carbonyl (C=O) groups excluding carboxylic acids is 2. The molecule has 0 aromatic heterocycles. The number of methoxy groups -OCH3 is 1. The number of nitrogens with two attached hydrogens (primary N) is 1. The molecule has 0 unspecified atom stereocenters. The van der Waals surface area contributed by atoms with Crippen LogP contribution >= 0.6 is 0 Å². The molecule has 1 saturated carbocycles. The maximum absolute atomic E-state index is 12.2. The lowest BCUT2D eigenvalue weighted by Gasteiger charge is -2.22. The normalized spacial score (nSPS) is 16.1. The third-order valence-corrected chi connectivity index (χ3v) is 3.86. The van der Waals surface area contributed by atoms with Gasteiger partial charge < -0.3 is 20.5 Å². The van der Waals surface area contributed by atoms with Crippen LogP contribution in [0.3, 0.4) is 0 Å². The lowest BCUT2D eigenvalue weighted by molar-refractivity contribution is -0.141. The van der Waals surface area contributed by atoms with Crippen LogP contribution in [0.2, 0.25) is 0 Å². The lowest BCUT2D eigenvalue weighted by Crippen LogP contribution is -2.48. The van der Waals surface area contributed by atoms with Crippen molar-refractivity contribution in [3.8, 4) is 5.75 Å². The van der Waals surface area contributed by atoms with Gasteiger partial charge in [0, 0.05) is 5.69 Å². The molecule has 0 radical (unpaired) electrons. The molecule has 6 nitrogen and oxygen atoms in total. The third-order valence-electron chi connectivity index (χ3n) is 3.86. The largest absolute Gasteiger partial charge is 0.493 e. The van der Waals surface area contributed by atoms with Crippen molar-refractivity contribution in [2.24, 2.45) is 5.73 Å². The first-order valence-corrected chi connectivity index (χ1v) is 7.43. The van der Waals surface area contributed by atoms with Gasteiger partial charge in [0.2, 0.25) is 5.91 Å². The molecule has 1 aromatic carbocycles. The molecular weight excluding hydrogens is 284 g/mol. The molecule has 0 spiro atoms. The molecule has 1 fully saturated rings. The van der Waals surface area contributed by atoms with Crippen LogP contribution in [0.1, 0.15) is 32.1 Å². The van der Waals surface area contributed by atoms with Crippen LogP contribution in [0.5, 0.6) is 5.75 Å². The van der Waals surface area contributed by atoms with Crippen molar-refractivity contribution >= 4 is 17.6 Å². The van der Waals surface area contributed by atoms with Crippen LogP contribution in [-0.4, -0.2) is 31.1 Å². The van der Waals surface area contributed by atoms with E-state index in [1.54, 1.807) is 24.3 Å². The first kappa shape index (κ1) is 16.3. The Kier molecular flexibility index (Phi) is 5.38. The van der Waals surface area contributed by atoms with Gasteiger partial charge in [0.05, 0.1) is 25.7 Å². The Bertz CT molecular complexity index is 521. The van der Waals surface area contributed by atoms with Gasteiger partial charge in [-0.1, -0.05) is 12.8 Å². The van der Waals surface area contributed by atoms with Crippen molar-refractivity contribution in [1.82, 2.24) is 0 Å². The highest BCUT2D eigenvalue weighted by molar-refractivity contribution is 5.98. The number of amides is 1. The summed E-state index contributed by atoms with van der Waals surface area (Å²) >= 11 is 0. The molecule has 0 aliphatic heterocycles. The van der Waals surface area contributed by atoms with Crippen molar-refractivity contribution in [2.75, 3.05) is 19.0 Å². The van der Waals surface area contributed by atoms with Crippen LogP contribution in [-0.2, 0) is 14.3 Å². The summed E-state index contributed by atoms with van der Waals surface area (Å²) in [5.74, 6) is 0.184. The Morgan fingerprint density at radius 1 is 1.23 bits per heavy atom. The summed E-state index contributed by atoms with van der Waals surface area (Å²) in [6, 6.07) is 6.99. The van der Waals surface area contributed by atoms with Gasteiger partial charge in [0.25, 0.3) is 0 Å². The third kappa shape index (κ3) is 4.21. The van der Waals surface area contributed by atoms with E-state index >= 15 is 0 Å². The van der Waals surface area contributed by atoms with Gasteiger partial charge in [-0.05, 0) is 37.1 Å². The van der Waals surface area contributed by atoms with Gasteiger partial charge in [0.1, 0.15) is 5.75 Å². The number of benzene rings is 1. The summed E-state index contributed by atoms with van der Waals surface area (Å²) in [6.07, 6.45) is 3.65. The molecule has 3 N–H and O–H groups in total. The SMILES string of the molecule is COC(=O)CCOc1ccc(NC(=O)C2(N)CCCC2)cc1. The molecular formula is C16H22N2O4. The Morgan fingerprint density at radius 3 is 2.45 bits per heavy atom. The molecule has 120 valence electrons. The molecule has 0 heterocycles. The van der Waals surface area contributed by atoms with Gasteiger partial charge in [-0.25, -0.2) is 0 Å². The number of anilines is 1. The molecule has 22 heavy (non-hydrogen) atoms. The number of nitrogens with one attached hydrogen (secondary N) is 1. The fourth-order valence-corrected chi connectivity index (χ4v) is 2.48. The molecule has 2 rings (SSSR count). The van der Waals surface area contributed by atoms with Gasteiger partial charge in [-0.15, -0.1) is 0 Å². The molecule has 0 saturated heterocycles.